The second kappa shape index (κ2) is 5.36. The molecule has 1 atom stereocenters. The smallest absolute Gasteiger partial charge is 0.234 e. The predicted molar refractivity (Wildman–Crippen MR) is 58.5 cm³/mol. The zero-order valence-electron chi connectivity index (χ0n) is 8.77. The molecule has 1 rings (SSSR count). The van der Waals surface area contributed by atoms with Gasteiger partial charge in [0.1, 0.15) is 5.75 Å². The molecular weight excluding hydrogens is 192 g/mol. The van der Waals surface area contributed by atoms with Crippen molar-refractivity contribution in [3.05, 3.63) is 29.8 Å². The van der Waals surface area contributed by atoms with Crippen molar-refractivity contribution in [3.63, 3.8) is 0 Å². The number of hydrogen-bond donors (Lipinski definition) is 2. The van der Waals surface area contributed by atoms with Crippen molar-refractivity contribution >= 4 is 5.91 Å². The van der Waals surface area contributed by atoms with Gasteiger partial charge in [0.25, 0.3) is 0 Å². The van der Waals surface area contributed by atoms with Crippen LogP contribution in [0.15, 0.2) is 24.3 Å². The van der Waals surface area contributed by atoms with Crippen LogP contribution < -0.4 is 16.2 Å². The SMILES string of the molecule is Cc1cccc(OCC[C@H](N)C(N)=O)c1. The van der Waals surface area contributed by atoms with Gasteiger partial charge in [-0.25, -0.2) is 0 Å². The molecule has 0 radical (unpaired) electrons. The van der Waals surface area contributed by atoms with Gasteiger partial charge in [-0.2, -0.15) is 0 Å². The number of aryl methyl sites for hydroxylation is 1. The molecule has 4 N–H and O–H groups in total. The Morgan fingerprint density at radius 2 is 2.27 bits per heavy atom. The lowest BCUT2D eigenvalue weighted by atomic mass is 10.2. The third-order valence-electron chi connectivity index (χ3n) is 2.05. The maximum Gasteiger partial charge on any atom is 0.234 e. The number of hydrogen-bond acceptors (Lipinski definition) is 3. The van der Waals surface area contributed by atoms with Crippen LogP contribution in [0.1, 0.15) is 12.0 Å². The van der Waals surface area contributed by atoms with Crippen molar-refractivity contribution < 1.29 is 9.53 Å². The number of carbonyl (C=O) groups excluding carboxylic acids is 1. The molecule has 0 bridgehead atoms. The van der Waals surface area contributed by atoms with Crippen molar-refractivity contribution in [2.24, 2.45) is 11.5 Å². The highest BCUT2D eigenvalue weighted by Crippen LogP contribution is 2.12. The summed E-state index contributed by atoms with van der Waals surface area (Å²) in [5, 5.41) is 0. The minimum absolute atomic E-state index is 0.396. The van der Waals surface area contributed by atoms with E-state index in [0.29, 0.717) is 13.0 Å². The van der Waals surface area contributed by atoms with E-state index in [1.54, 1.807) is 0 Å². The summed E-state index contributed by atoms with van der Waals surface area (Å²) in [6.45, 7) is 2.38. The van der Waals surface area contributed by atoms with E-state index in [0.717, 1.165) is 11.3 Å². The van der Waals surface area contributed by atoms with Gasteiger partial charge in [-0.15, -0.1) is 0 Å². The molecule has 0 aliphatic carbocycles. The van der Waals surface area contributed by atoms with Crippen LogP contribution in [0, 0.1) is 6.92 Å². The van der Waals surface area contributed by atoms with Crippen LogP contribution in [0.3, 0.4) is 0 Å². The minimum Gasteiger partial charge on any atom is -0.494 e. The first kappa shape index (κ1) is 11.5. The molecule has 82 valence electrons. The summed E-state index contributed by atoms with van der Waals surface area (Å²) in [5.41, 5.74) is 11.6. The lowest BCUT2D eigenvalue weighted by molar-refractivity contribution is -0.119. The molecule has 0 heterocycles. The molecule has 4 heteroatoms. The van der Waals surface area contributed by atoms with Gasteiger partial charge >= 0.3 is 0 Å². The average Bonchev–Trinajstić information content (AvgIpc) is 2.17. The van der Waals surface area contributed by atoms with Gasteiger partial charge in [-0.1, -0.05) is 12.1 Å². The van der Waals surface area contributed by atoms with Gasteiger partial charge < -0.3 is 16.2 Å². The van der Waals surface area contributed by atoms with Crippen LogP contribution in [0.5, 0.6) is 5.75 Å². The van der Waals surface area contributed by atoms with Gasteiger partial charge in [-0.05, 0) is 24.6 Å². The van der Waals surface area contributed by atoms with Crippen molar-refractivity contribution in [2.75, 3.05) is 6.61 Å². The third kappa shape index (κ3) is 3.99. The van der Waals surface area contributed by atoms with Crippen LogP contribution in [-0.4, -0.2) is 18.6 Å². The minimum atomic E-state index is -0.630. The maximum absolute atomic E-state index is 10.6. The molecule has 1 amide bonds. The lowest BCUT2D eigenvalue weighted by Gasteiger charge is -2.09. The van der Waals surface area contributed by atoms with Crippen molar-refractivity contribution in [1.82, 2.24) is 0 Å². The zero-order chi connectivity index (χ0) is 11.3. The van der Waals surface area contributed by atoms with Crippen molar-refractivity contribution in [2.45, 2.75) is 19.4 Å². The number of primary amides is 1. The largest absolute Gasteiger partial charge is 0.494 e. The van der Waals surface area contributed by atoms with E-state index in [2.05, 4.69) is 0 Å². The first-order valence-corrected chi connectivity index (χ1v) is 4.84. The van der Waals surface area contributed by atoms with E-state index in [9.17, 15) is 4.79 Å². The fourth-order valence-electron chi connectivity index (χ4n) is 1.15. The van der Waals surface area contributed by atoms with Crippen LogP contribution in [0.2, 0.25) is 0 Å². The highest BCUT2D eigenvalue weighted by molar-refractivity contribution is 5.79. The molecule has 0 aromatic heterocycles. The maximum atomic E-state index is 10.6. The van der Waals surface area contributed by atoms with Crippen molar-refractivity contribution in [1.29, 1.82) is 0 Å². The molecule has 0 unspecified atom stereocenters. The Kier molecular flexibility index (Phi) is 4.12. The van der Waals surface area contributed by atoms with Gasteiger partial charge in [0.15, 0.2) is 0 Å². The van der Waals surface area contributed by atoms with Crippen LogP contribution in [0.4, 0.5) is 0 Å². The molecular formula is C11H16N2O2. The summed E-state index contributed by atoms with van der Waals surface area (Å²) in [5.74, 6) is 0.287. The molecule has 4 nitrogen and oxygen atoms in total. The molecule has 0 aliphatic heterocycles. The number of rotatable bonds is 5. The van der Waals surface area contributed by atoms with E-state index >= 15 is 0 Å². The highest BCUT2D eigenvalue weighted by atomic mass is 16.5. The number of ether oxygens (including phenoxy) is 1. The molecule has 0 spiro atoms. The second-order valence-electron chi connectivity index (χ2n) is 3.46. The molecule has 1 aromatic rings. The molecule has 0 fully saturated rings. The van der Waals surface area contributed by atoms with Gasteiger partial charge in [-0.3, -0.25) is 4.79 Å². The summed E-state index contributed by atoms with van der Waals surface area (Å²) in [6.07, 6.45) is 0.434. The van der Waals surface area contributed by atoms with E-state index in [-0.39, 0.29) is 0 Å². The first-order valence-electron chi connectivity index (χ1n) is 4.84. The number of nitrogens with two attached hydrogens (primary N) is 2. The quantitative estimate of drug-likeness (QED) is 0.742. The summed E-state index contributed by atoms with van der Waals surface area (Å²) in [6, 6.07) is 7.06. The van der Waals surface area contributed by atoms with E-state index in [1.165, 1.54) is 0 Å². The molecule has 0 saturated heterocycles. The predicted octanol–water partition coefficient (Wildman–Crippen LogP) is 0.577. The summed E-state index contributed by atoms with van der Waals surface area (Å²) in [4.78, 5) is 10.6. The van der Waals surface area contributed by atoms with Crippen LogP contribution in [-0.2, 0) is 4.79 Å². The van der Waals surface area contributed by atoms with Gasteiger partial charge in [0.05, 0.1) is 12.6 Å². The Morgan fingerprint density at radius 3 is 2.87 bits per heavy atom. The Hall–Kier alpha value is -1.55. The van der Waals surface area contributed by atoms with E-state index in [4.69, 9.17) is 16.2 Å². The van der Waals surface area contributed by atoms with Gasteiger partial charge in [0.2, 0.25) is 5.91 Å². The van der Waals surface area contributed by atoms with Gasteiger partial charge in [0, 0.05) is 6.42 Å². The fourth-order valence-corrected chi connectivity index (χ4v) is 1.15. The standard InChI is InChI=1S/C11H16N2O2/c1-8-3-2-4-9(7-8)15-6-5-10(12)11(13)14/h2-4,7,10H,5-6,12H2,1H3,(H2,13,14)/t10-/m0/s1. The van der Waals surface area contributed by atoms with Crippen LogP contribution >= 0.6 is 0 Å². The number of benzene rings is 1. The Balaban J connectivity index is 2.35. The first-order chi connectivity index (χ1) is 7.09. The molecule has 1 aromatic carbocycles. The molecule has 0 aliphatic rings. The van der Waals surface area contributed by atoms with Crippen LogP contribution in [0.25, 0.3) is 0 Å². The normalized spacial score (nSPS) is 12.1. The number of amides is 1. The molecule has 0 saturated carbocycles. The summed E-state index contributed by atoms with van der Waals surface area (Å²) < 4.78 is 5.42. The topological polar surface area (TPSA) is 78.3 Å². The number of carbonyl (C=O) groups is 1. The average molecular weight is 208 g/mol. The summed E-state index contributed by atoms with van der Waals surface area (Å²) in [7, 11) is 0. The Labute approximate surface area is 89.2 Å². The summed E-state index contributed by atoms with van der Waals surface area (Å²) >= 11 is 0. The second-order valence-corrected chi connectivity index (χ2v) is 3.46. The van der Waals surface area contributed by atoms with E-state index in [1.807, 2.05) is 31.2 Å². The highest BCUT2D eigenvalue weighted by Gasteiger charge is 2.08. The monoisotopic (exact) mass is 208 g/mol. The zero-order valence-corrected chi connectivity index (χ0v) is 8.77. The lowest BCUT2D eigenvalue weighted by Crippen LogP contribution is -2.37. The fraction of sp³-hybridized carbons (Fsp3) is 0.364. The van der Waals surface area contributed by atoms with Crippen molar-refractivity contribution in [3.8, 4) is 5.75 Å². The Morgan fingerprint density at radius 1 is 1.53 bits per heavy atom. The third-order valence-corrected chi connectivity index (χ3v) is 2.05. The molecule has 15 heavy (non-hydrogen) atoms. The Bertz CT molecular complexity index is 339. The van der Waals surface area contributed by atoms with E-state index < -0.39 is 11.9 Å².